The van der Waals surface area contributed by atoms with Gasteiger partial charge in [-0.2, -0.15) is 0 Å². The number of nitrogens with two attached hydrogens (primary N) is 1. The van der Waals surface area contributed by atoms with Crippen LogP contribution in [0.25, 0.3) is 0 Å². The number of sulfone groups is 1. The van der Waals surface area contributed by atoms with E-state index < -0.39 is 9.84 Å². The molecule has 0 aromatic heterocycles. The van der Waals surface area contributed by atoms with Crippen molar-refractivity contribution in [1.29, 1.82) is 0 Å². The highest BCUT2D eigenvalue weighted by atomic mass is 32.2. The molecule has 2 rings (SSSR count). The number of hydrogen-bond donors (Lipinski definition) is 1. The van der Waals surface area contributed by atoms with Crippen LogP contribution in [0.2, 0.25) is 0 Å². The second kappa shape index (κ2) is 6.14. The van der Waals surface area contributed by atoms with Crippen LogP contribution in [0.3, 0.4) is 0 Å². The molecule has 1 aromatic rings. The van der Waals surface area contributed by atoms with E-state index in [0.29, 0.717) is 6.42 Å². The van der Waals surface area contributed by atoms with Gasteiger partial charge in [0.05, 0.1) is 11.4 Å². The summed E-state index contributed by atoms with van der Waals surface area (Å²) in [6.45, 7) is 1.93. The Balaban J connectivity index is 2.04. The van der Waals surface area contributed by atoms with Crippen LogP contribution in [0.15, 0.2) is 24.3 Å². The van der Waals surface area contributed by atoms with Crippen molar-refractivity contribution in [2.24, 2.45) is 5.73 Å². The molecule has 3 unspecified atom stereocenters. The Morgan fingerprint density at radius 2 is 2.10 bits per heavy atom. The monoisotopic (exact) mass is 297 g/mol. The molecule has 2 N–H and O–H groups in total. The molecule has 0 amide bonds. The van der Waals surface area contributed by atoms with E-state index >= 15 is 0 Å². The van der Waals surface area contributed by atoms with E-state index in [-0.39, 0.29) is 17.4 Å². The fraction of sp³-hybridized carbons (Fsp3) is 0.600. The fourth-order valence-electron chi connectivity index (χ4n) is 2.66. The lowest BCUT2D eigenvalue weighted by atomic mass is 9.97. The van der Waals surface area contributed by atoms with Gasteiger partial charge < -0.3 is 10.5 Å². The average Bonchev–Trinajstić information content (AvgIpc) is 2.38. The molecule has 3 atom stereocenters. The third kappa shape index (κ3) is 3.96. The molecular weight excluding hydrogens is 274 g/mol. The third-order valence-corrected chi connectivity index (χ3v) is 5.51. The zero-order valence-corrected chi connectivity index (χ0v) is 12.9. The minimum atomic E-state index is -2.97. The molecule has 0 saturated heterocycles. The summed E-state index contributed by atoms with van der Waals surface area (Å²) in [7, 11) is -2.97. The second-order valence-corrected chi connectivity index (χ2v) is 8.04. The van der Waals surface area contributed by atoms with Crippen LogP contribution < -0.4 is 10.5 Å². The minimum Gasteiger partial charge on any atom is -0.490 e. The molecule has 0 aliphatic heterocycles. The van der Waals surface area contributed by atoms with E-state index in [9.17, 15) is 8.42 Å². The Morgan fingerprint density at radius 3 is 2.75 bits per heavy atom. The van der Waals surface area contributed by atoms with E-state index in [1.165, 1.54) is 6.26 Å². The van der Waals surface area contributed by atoms with Gasteiger partial charge in [0.25, 0.3) is 0 Å². The van der Waals surface area contributed by atoms with Crippen LogP contribution in [-0.2, 0) is 9.84 Å². The van der Waals surface area contributed by atoms with Crippen LogP contribution in [-0.4, -0.2) is 26.0 Å². The van der Waals surface area contributed by atoms with E-state index in [2.05, 4.69) is 0 Å². The first-order valence-corrected chi connectivity index (χ1v) is 9.03. The third-order valence-electron chi connectivity index (χ3n) is 3.87. The number of hydrogen-bond acceptors (Lipinski definition) is 4. The Labute approximate surface area is 121 Å². The van der Waals surface area contributed by atoms with E-state index in [0.717, 1.165) is 30.6 Å². The van der Waals surface area contributed by atoms with Gasteiger partial charge in [0.15, 0.2) is 0 Å². The van der Waals surface area contributed by atoms with Crippen molar-refractivity contribution in [1.82, 2.24) is 0 Å². The highest BCUT2D eigenvalue weighted by molar-refractivity contribution is 7.91. The molecule has 4 nitrogen and oxygen atoms in total. The zero-order chi connectivity index (χ0) is 14.8. The zero-order valence-electron chi connectivity index (χ0n) is 12.1. The predicted octanol–water partition coefficient (Wildman–Crippen LogP) is 2.44. The number of rotatable bonds is 4. The van der Waals surface area contributed by atoms with Gasteiger partial charge in [-0.15, -0.1) is 0 Å². The first-order valence-electron chi connectivity index (χ1n) is 7.07. The van der Waals surface area contributed by atoms with Crippen LogP contribution >= 0.6 is 0 Å². The molecule has 1 aromatic carbocycles. The van der Waals surface area contributed by atoms with Gasteiger partial charge in [0.2, 0.25) is 0 Å². The van der Waals surface area contributed by atoms with Gasteiger partial charge in [0.1, 0.15) is 15.6 Å². The summed E-state index contributed by atoms with van der Waals surface area (Å²) in [5, 5.41) is -0.266. The smallest absolute Gasteiger partial charge is 0.150 e. The van der Waals surface area contributed by atoms with Crippen molar-refractivity contribution in [3.05, 3.63) is 29.8 Å². The fourth-order valence-corrected chi connectivity index (χ4v) is 3.82. The summed E-state index contributed by atoms with van der Waals surface area (Å²) in [6.07, 6.45) is 4.44. The molecule has 5 heteroatoms. The van der Waals surface area contributed by atoms with Crippen molar-refractivity contribution >= 4 is 9.84 Å². The Bertz CT molecular complexity index is 554. The van der Waals surface area contributed by atoms with Gasteiger partial charge >= 0.3 is 0 Å². The summed E-state index contributed by atoms with van der Waals surface area (Å²) >= 11 is 0. The van der Waals surface area contributed by atoms with Crippen molar-refractivity contribution in [3.8, 4) is 5.75 Å². The van der Waals surface area contributed by atoms with Crippen LogP contribution in [0, 0.1) is 0 Å². The van der Waals surface area contributed by atoms with Crippen molar-refractivity contribution in [2.75, 3.05) is 6.26 Å². The lowest BCUT2D eigenvalue weighted by molar-refractivity contribution is 0.156. The molecule has 1 aliphatic rings. The molecule has 0 bridgehead atoms. The summed E-state index contributed by atoms with van der Waals surface area (Å²) in [5.41, 5.74) is 6.89. The summed E-state index contributed by atoms with van der Waals surface area (Å²) in [5.74, 6) is 0.777. The molecule has 112 valence electrons. The Kier molecular flexibility index (Phi) is 4.70. The van der Waals surface area contributed by atoms with Crippen molar-refractivity contribution in [3.63, 3.8) is 0 Å². The van der Waals surface area contributed by atoms with Crippen LogP contribution in [0.1, 0.15) is 44.2 Å². The lowest BCUT2D eigenvalue weighted by Gasteiger charge is -2.28. The van der Waals surface area contributed by atoms with Gasteiger partial charge in [-0.1, -0.05) is 12.1 Å². The predicted molar refractivity (Wildman–Crippen MR) is 80.6 cm³/mol. The Morgan fingerprint density at radius 1 is 1.35 bits per heavy atom. The van der Waals surface area contributed by atoms with Crippen LogP contribution in [0.5, 0.6) is 5.75 Å². The standard InChI is InChI=1S/C15H23NO3S/c1-11(16)12-5-3-6-13(9-12)19-14-7-4-8-15(10-14)20(2,17)18/h3,5-6,9,11,14-15H,4,7-8,10,16H2,1-2H3. The average molecular weight is 297 g/mol. The first kappa shape index (κ1) is 15.3. The SMILES string of the molecule is CC(N)c1cccc(OC2CCCC(S(C)(=O)=O)C2)c1. The molecule has 1 aliphatic carbocycles. The maximum absolute atomic E-state index is 11.7. The molecule has 0 heterocycles. The first-order chi connectivity index (χ1) is 9.36. The van der Waals surface area contributed by atoms with Gasteiger partial charge in [-0.3, -0.25) is 0 Å². The normalized spacial score (nSPS) is 25.1. The van der Waals surface area contributed by atoms with Gasteiger partial charge in [0, 0.05) is 18.7 Å². The highest BCUT2D eigenvalue weighted by Crippen LogP contribution is 2.28. The van der Waals surface area contributed by atoms with Crippen LogP contribution in [0.4, 0.5) is 0 Å². The second-order valence-electron chi connectivity index (χ2n) is 5.72. The Hall–Kier alpha value is -1.07. The topological polar surface area (TPSA) is 69.4 Å². The maximum atomic E-state index is 11.7. The highest BCUT2D eigenvalue weighted by Gasteiger charge is 2.29. The van der Waals surface area contributed by atoms with Gasteiger partial charge in [-0.05, 0) is 43.9 Å². The molecule has 0 spiro atoms. The molecular formula is C15H23NO3S. The maximum Gasteiger partial charge on any atom is 0.150 e. The molecule has 20 heavy (non-hydrogen) atoms. The van der Waals surface area contributed by atoms with E-state index in [1.54, 1.807) is 0 Å². The minimum absolute atomic E-state index is 0.0215. The number of benzene rings is 1. The lowest BCUT2D eigenvalue weighted by Crippen LogP contribution is -2.33. The number of ether oxygens (including phenoxy) is 1. The van der Waals surface area contributed by atoms with Crippen molar-refractivity contribution in [2.45, 2.75) is 50.0 Å². The summed E-state index contributed by atoms with van der Waals surface area (Å²) in [4.78, 5) is 0. The summed E-state index contributed by atoms with van der Waals surface area (Å²) < 4.78 is 29.3. The van der Waals surface area contributed by atoms with Gasteiger partial charge in [-0.25, -0.2) is 8.42 Å². The molecule has 1 fully saturated rings. The van der Waals surface area contributed by atoms with Crippen molar-refractivity contribution < 1.29 is 13.2 Å². The molecule has 1 saturated carbocycles. The molecule has 0 radical (unpaired) electrons. The van der Waals surface area contributed by atoms with E-state index in [4.69, 9.17) is 10.5 Å². The largest absolute Gasteiger partial charge is 0.490 e. The van der Waals surface area contributed by atoms with E-state index in [1.807, 2.05) is 31.2 Å². The quantitative estimate of drug-likeness (QED) is 0.926. The summed E-state index contributed by atoms with van der Waals surface area (Å²) in [6, 6.07) is 7.70.